The molecule has 2 amide bonds. The molecule has 3 aromatic rings. The molecule has 0 spiro atoms. The van der Waals surface area contributed by atoms with E-state index in [0.717, 1.165) is 249 Å². The number of aryl methyl sites for hydroxylation is 1. The molecule has 13 aliphatic rings. The Hall–Kier alpha value is -4.28. The number of nitrogens with zero attached hydrogens (tertiary/aromatic N) is 8. The number of Topliss-reactive ketones (excluding diaryl/α,β-unsaturated/α-hetero) is 3. The van der Waals surface area contributed by atoms with E-state index in [9.17, 15) is 49.5 Å². The van der Waals surface area contributed by atoms with Crippen LogP contribution in [0.3, 0.4) is 0 Å². The SMILES string of the molecule is CC(C)(C)c1csc(CC(=O)[C@@H]2C[C@@H](O)CN2CC2CCOCC2)n1.CCc1ccnc(CC(=O)[C@@H]2C[C@@H](O)CN2CC2CCOCC2)c1.O=C(Cc1nc(C2CCCCC2)cs1)[C@@H]1C[C@@H](O)CN1CC1CCOCC1.O=C(NCCC1CCCCC1)[C@@H]1C[C@@H](O)CN1CC1CCOCC1.O=C(NCCC1CCOCC1)[C@@H]1C[C@@H](O)CN1CC1CCOCC1. The highest BCUT2D eigenvalue weighted by Gasteiger charge is 2.43. The molecule has 0 unspecified atom stereocenters. The fraction of sp³-hybridized carbons (Fsp3) is 0.833. The average molecular weight is 1770 g/mol. The molecule has 0 radical (unpaired) electrons. The van der Waals surface area contributed by atoms with Gasteiger partial charge in [0.2, 0.25) is 11.8 Å². The van der Waals surface area contributed by atoms with Crippen molar-refractivity contribution in [3.8, 4) is 0 Å². The molecule has 124 heavy (non-hydrogen) atoms. The molecule has 14 heterocycles. The van der Waals surface area contributed by atoms with E-state index in [-0.39, 0.29) is 83.1 Å². The highest BCUT2D eigenvalue weighted by atomic mass is 32.1. The molecule has 0 bridgehead atoms. The molecule has 0 aromatic carbocycles. The number of β-amino-alcohol motifs (C(OH)–C–C–N with tert-alkyl or cyclic N) is 5. The van der Waals surface area contributed by atoms with Crippen LogP contribution in [0.4, 0.5) is 0 Å². The number of carbonyl (C=O) groups is 5. The number of hydrogen-bond donors (Lipinski definition) is 7. The van der Waals surface area contributed by atoms with Gasteiger partial charge in [-0.1, -0.05) is 79.1 Å². The van der Waals surface area contributed by atoms with E-state index in [1.165, 1.54) is 75.5 Å². The lowest BCUT2D eigenvalue weighted by atomic mass is 9.87. The lowest BCUT2D eigenvalue weighted by molar-refractivity contribution is -0.126. The summed E-state index contributed by atoms with van der Waals surface area (Å²) in [5, 5.41) is 62.7. The van der Waals surface area contributed by atoms with Gasteiger partial charge in [-0.25, -0.2) is 9.97 Å². The van der Waals surface area contributed by atoms with Gasteiger partial charge in [-0.05, 0) is 200 Å². The van der Waals surface area contributed by atoms with Gasteiger partial charge >= 0.3 is 0 Å². The second-order valence-corrected chi connectivity index (χ2v) is 41.5. The van der Waals surface area contributed by atoms with Crippen molar-refractivity contribution < 1.29 is 77.9 Å². The number of aliphatic hydroxyl groups excluding tert-OH is 5. The Bertz CT molecular complexity index is 3540. The summed E-state index contributed by atoms with van der Waals surface area (Å²) in [4.78, 5) is 88.6. The number of carbonyl (C=O) groups excluding carboxylic acids is 5. The lowest BCUT2D eigenvalue weighted by Gasteiger charge is -2.30. The van der Waals surface area contributed by atoms with E-state index >= 15 is 0 Å². The predicted molar refractivity (Wildman–Crippen MR) is 482 cm³/mol. The standard InChI is InChI=1S/C21H32N2O3S.C19H30N2O3S.C19H28N2O3.C19H34N2O3.C18H32N2O4/c24-17-10-19(23(13-17)12-15-6-8-26-9-7-15)20(25)11-21-22-18(14-27-21)16-4-2-1-3-5-16;1-19(2,3)17-12-25-18(20-17)9-16(23)15-8-14(22)11-21(15)10-13-4-6-24-7-5-13;1-2-14-3-6-20-16(9-14)10-19(23)18-11-17(22)13-21(18)12-15-4-7-24-8-5-15;22-17-12-18(21(14-17)13-16-7-10-24-11-8-16)19(23)20-9-6-15-4-2-1-3-5-15;21-16-11-17(20(13-16)12-15-4-9-24-10-5-15)18(22)19-6-1-14-2-7-23-8-3-14/h14-17,19,24H,1-13H2;12-15,22H,4-11H2,1-3H3;3,6,9,15,17-18,22H,2,4-5,7-8,10-13H2,1H3;15-18,22H,1-14H2,(H,20,23);14-17,21H,1-13H2,(H,19,22)/t17-,19+;14-,15+;2*17-,18+;16-,17+/m11111/s1. The Labute approximate surface area is 748 Å². The zero-order valence-electron chi connectivity index (χ0n) is 75.7. The lowest BCUT2D eigenvalue weighted by Crippen LogP contribution is -2.46. The molecule has 2 saturated carbocycles. The molecular weight excluding hydrogens is 1610 g/mol. The number of amides is 2. The molecule has 11 saturated heterocycles. The number of nitrogens with one attached hydrogen (secondary N) is 2. The topological polar surface area (TPSA) is 321 Å². The Morgan fingerprint density at radius 1 is 0.411 bits per heavy atom. The summed E-state index contributed by atoms with van der Waals surface area (Å²) in [7, 11) is 0. The third-order valence-electron chi connectivity index (χ3n) is 28.8. The highest BCUT2D eigenvalue weighted by molar-refractivity contribution is 7.10. The summed E-state index contributed by atoms with van der Waals surface area (Å²) in [5.41, 5.74) is 4.31. The van der Waals surface area contributed by atoms with Gasteiger partial charge in [0.1, 0.15) is 10.0 Å². The van der Waals surface area contributed by atoms with Crippen molar-refractivity contribution in [1.82, 2.24) is 50.1 Å². The molecule has 16 rings (SSSR count). The maximum absolute atomic E-state index is 13.0. The fourth-order valence-corrected chi connectivity index (χ4v) is 23.1. The van der Waals surface area contributed by atoms with Crippen molar-refractivity contribution in [1.29, 1.82) is 0 Å². The van der Waals surface area contributed by atoms with Crippen LogP contribution in [0.5, 0.6) is 0 Å². The summed E-state index contributed by atoms with van der Waals surface area (Å²) in [6.07, 6.45) is 32.9. The van der Waals surface area contributed by atoms with Crippen LogP contribution in [0.1, 0.15) is 252 Å². The van der Waals surface area contributed by atoms with Crippen LogP contribution in [0.25, 0.3) is 0 Å². The minimum absolute atomic E-state index is 0.0104. The first kappa shape index (κ1) is 98.7. The van der Waals surface area contributed by atoms with E-state index < -0.39 is 12.2 Å². The zero-order chi connectivity index (χ0) is 87.2. The van der Waals surface area contributed by atoms with Crippen LogP contribution >= 0.6 is 22.7 Å². The first-order valence-corrected chi connectivity index (χ1v) is 50.4. The van der Waals surface area contributed by atoms with Crippen LogP contribution in [0.15, 0.2) is 29.1 Å². The van der Waals surface area contributed by atoms with Crippen molar-refractivity contribution >= 4 is 51.8 Å². The number of likely N-dealkylation sites (tertiary alicyclic amines) is 5. The van der Waals surface area contributed by atoms with Gasteiger partial charge in [-0.15, -0.1) is 22.7 Å². The van der Waals surface area contributed by atoms with Gasteiger partial charge in [0.15, 0.2) is 17.3 Å². The molecule has 7 N–H and O–H groups in total. The van der Waals surface area contributed by atoms with Gasteiger partial charge in [0, 0.05) is 192 Å². The number of thiazole rings is 2. The monoisotopic (exact) mass is 1770 g/mol. The van der Waals surface area contributed by atoms with Crippen molar-refractivity contribution in [2.45, 2.75) is 312 Å². The Balaban J connectivity index is 0.000000141. The predicted octanol–water partition coefficient (Wildman–Crippen LogP) is 9.91. The Morgan fingerprint density at radius 2 is 0.734 bits per heavy atom. The first-order chi connectivity index (χ1) is 60.1. The number of rotatable bonds is 29. The average Bonchev–Trinajstić information content (AvgIpc) is 1.68. The normalized spacial score (nSPS) is 28.4. The van der Waals surface area contributed by atoms with Crippen LogP contribution in [0.2, 0.25) is 0 Å². The minimum atomic E-state index is -0.395. The third kappa shape index (κ3) is 32.0. The van der Waals surface area contributed by atoms with Crippen molar-refractivity contribution in [2.75, 3.05) is 158 Å². The fourth-order valence-electron chi connectivity index (χ4n) is 21.2. The van der Waals surface area contributed by atoms with Gasteiger partial charge in [-0.2, -0.15) is 0 Å². The summed E-state index contributed by atoms with van der Waals surface area (Å²) < 4.78 is 32.5. The molecule has 26 nitrogen and oxygen atoms in total. The summed E-state index contributed by atoms with van der Waals surface area (Å²) in [6, 6.07) is 3.21. The number of hydrogen-bond acceptors (Lipinski definition) is 26. The maximum Gasteiger partial charge on any atom is 0.237 e. The highest BCUT2D eigenvalue weighted by Crippen LogP contribution is 2.36. The van der Waals surface area contributed by atoms with Gasteiger partial charge in [-0.3, -0.25) is 53.5 Å². The molecule has 28 heteroatoms. The van der Waals surface area contributed by atoms with Gasteiger partial charge in [0.25, 0.3) is 0 Å². The minimum Gasteiger partial charge on any atom is -0.392 e. The van der Waals surface area contributed by atoms with Crippen LogP contribution < -0.4 is 10.6 Å². The van der Waals surface area contributed by atoms with E-state index in [0.29, 0.717) is 126 Å². The van der Waals surface area contributed by atoms with E-state index in [1.54, 1.807) is 28.9 Å². The molecule has 10 atom stereocenters. The van der Waals surface area contributed by atoms with Crippen LogP contribution in [-0.2, 0) is 83.5 Å². The maximum atomic E-state index is 13.0. The zero-order valence-corrected chi connectivity index (χ0v) is 77.3. The molecule has 3 aromatic heterocycles. The summed E-state index contributed by atoms with van der Waals surface area (Å²) in [5.74, 6) is 5.78. The second kappa shape index (κ2) is 51.5. The number of aromatic nitrogens is 3. The molecule has 13 fully saturated rings. The number of pyridine rings is 1. The van der Waals surface area contributed by atoms with E-state index in [4.69, 9.17) is 33.4 Å². The van der Waals surface area contributed by atoms with Gasteiger partial charge in [0.05, 0.1) is 91.4 Å². The van der Waals surface area contributed by atoms with Gasteiger partial charge < -0.3 is 64.6 Å². The summed E-state index contributed by atoms with van der Waals surface area (Å²) in [6.45, 7) is 27.6. The van der Waals surface area contributed by atoms with E-state index in [1.807, 2.05) is 12.1 Å². The molecule has 2 aliphatic carbocycles. The second-order valence-electron chi connectivity index (χ2n) is 39.6. The third-order valence-corrected chi connectivity index (χ3v) is 30.5. The number of ketones is 3. The Kier molecular flexibility index (Phi) is 41.0. The molecule has 698 valence electrons. The van der Waals surface area contributed by atoms with Crippen LogP contribution in [0, 0.1) is 41.4 Å². The quantitative estimate of drug-likeness (QED) is 0.0340. The Morgan fingerprint density at radius 3 is 1.10 bits per heavy atom. The molecule has 11 aliphatic heterocycles. The van der Waals surface area contributed by atoms with Crippen molar-refractivity contribution in [2.24, 2.45) is 41.4 Å². The van der Waals surface area contributed by atoms with Crippen molar-refractivity contribution in [3.05, 3.63) is 61.8 Å². The number of ether oxygens (including phenoxy) is 6. The first-order valence-electron chi connectivity index (χ1n) is 48.6. The number of aliphatic hydroxyl groups is 5. The largest absolute Gasteiger partial charge is 0.392 e. The summed E-state index contributed by atoms with van der Waals surface area (Å²) >= 11 is 3.21. The van der Waals surface area contributed by atoms with Crippen molar-refractivity contribution in [3.63, 3.8) is 0 Å². The smallest absolute Gasteiger partial charge is 0.237 e. The van der Waals surface area contributed by atoms with Crippen LogP contribution in [-0.4, -0.2) is 313 Å². The molecular formula is C96H156N10O16S2. The van der Waals surface area contributed by atoms with E-state index in [2.05, 4.69) is 83.6 Å².